The van der Waals surface area contributed by atoms with Gasteiger partial charge in [0.25, 0.3) is 0 Å². The second-order valence-electron chi connectivity index (χ2n) is 7.07. The predicted octanol–water partition coefficient (Wildman–Crippen LogP) is 3.18. The number of hydrogen-bond donors (Lipinski definition) is 2. The van der Waals surface area contributed by atoms with E-state index in [2.05, 4.69) is 24.9 Å². The molecule has 0 saturated carbocycles. The number of carbonyl (C=O) groups is 1. The van der Waals surface area contributed by atoms with E-state index in [9.17, 15) is 20.1 Å². The fourth-order valence-corrected chi connectivity index (χ4v) is 17.6. The molecule has 0 radical (unpaired) electrons. The summed E-state index contributed by atoms with van der Waals surface area (Å²) in [6.45, 7) is 6.68. The maximum absolute atomic E-state index is 10.5. The fourth-order valence-electron chi connectivity index (χ4n) is 3.16. The van der Waals surface area contributed by atoms with E-state index < -0.39 is 43.0 Å². The third-order valence-electron chi connectivity index (χ3n) is 4.67. The summed E-state index contributed by atoms with van der Waals surface area (Å²) < 4.78 is 6.34. The number of aliphatic hydroxyl groups excluding tert-OH is 2. The van der Waals surface area contributed by atoms with Crippen molar-refractivity contribution < 1.29 is 20.1 Å². The Kier molecular flexibility index (Phi) is 14.1. The molecule has 2 unspecified atom stereocenters. The van der Waals surface area contributed by atoms with E-state index in [0.29, 0.717) is 0 Å². The minimum atomic E-state index is -2.41. The molecular formula is C19H37O4Sn-. The van der Waals surface area contributed by atoms with Crippen molar-refractivity contribution in [3.63, 3.8) is 0 Å². The van der Waals surface area contributed by atoms with Crippen molar-refractivity contribution in [1.82, 2.24) is 0 Å². The molecule has 0 aliphatic rings. The quantitative estimate of drug-likeness (QED) is 0.378. The first-order valence-corrected chi connectivity index (χ1v) is 17.3. The van der Waals surface area contributed by atoms with E-state index in [1.807, 2.05) is 6.08 Å². The Balaban J connectivity index is 4.91. The van der Waals surface area contributed by atoms with Gasteiger partial charge >= 0.3 is 152 Å². The van der Waals surface area contributed by atoms with Gasteiger partial charge in [0.2, 0.25) is 0 Å². The first-order valence-electron chi connectivity index (χ1n) is 9.64. The molecule has 4 nitrogen and oxygen atoms in total. The van der Waals surface area contributed by atoms with Crippen LogP contribution in [0.15, 0.2) is 10.2 Å². The van der Waals surface area contributed by atoms with E-state index in [-0.39, 0.29) is 6.42 Å². The first-order chi connectivity index (χ1) is 11.4. The number of unbranched alkanes of at least 4 members (excludes halogenated alkanes) is 3. The fraction of sp³-hybridized carbons (Fsp3) is 0.842. The Morgan fingerprint density at radius 2 is 1.46 bits per heavy atom. The number of carboxylic acids is 1. The maximum atomic E-state index is 10.5. The van der Waals surface area contributed by atoms with Gasteiger partial charge in [-0.15, -0.1) is 0 Å². The van der Waals surface area contributed by atoms with Gasteiger partial charge in [0, 0.05) is 0 Å². The number of hydrogen-bond acceptors (Lipinski definition) is 4. The Bertz CT molecular complexity index is 336. The number of carbonyl (C=O) groups excluding carboxylic acids is 1. The van der Waals surface area contributed by atoms with Gasteiger partial charge in [-0.25, -0.2) is 0 Å². The number of rotatable bonds is 15. The summed E-state index contributed by atoms with van der Waals surface area (Å²) in [5.41, 5.74) is 0. The second-order valence-corrected chi connectivity index (χ2v) is 20.1. The molecule has 0 aromatic heterocycles. The summed E-state index contributed by atoms with van der Waals surface area (Å²) in [5, 5.41) is 30.3. The number of carboxylic acid groups (broad SMARTS) is 1. The predicted molar refractivity (Wildman–Crippen MR) is 100 cm³/mol. The molecule has 0 aliphatic carbocycles. The molecule has 0 spiro atoms. The average molecular weight is 448 g/mol. The molecule has 0 aromatic rings. The van der Waals surface area contributed by atoms with Gasteiger partial charge < -0.3 is 0 Å². The van der Waals surface area contributed by atoms with Crippen LogP contribution in [0, 0.1) is 0 Å². The van der Waals surface area contributed by atoms with Gasteiger partial charge in [0.15, 0.2) is 0 Å². The third-order valence-corrected chi connectivity index (χ3v) is 18.8. The molecule has 0 aliphatic heterocycles. The van der Waals surface area contributed by atoms with Crippen molar-refractivity contribution in [2.24, 2.45) is 0 Å². The van der Waals surface area contributed by atoms with Crippen LogP contribution in [0.25, 0.3) is 0 Å². The molecule has 0 amide bonds. The summed E-state index contributed by atoms with van der Waals surface area (Å²) in [6, 6.07) is 0. The number of aliphatic carboxylic acids is 1. The van der Waals surface area contributed by atoms with Crippen LogP contribution in [0.4, 0.5) is 0 Å². The van der Waals surface area contributed by atoms with Crippen LogP contribution in [-0.2, 0) is 4.79 Å². The zero-order chi connectivity index (χ0) is 18.4. The van der Waals surface area contributed by atoms with E-state index >= 15 is 0 Å². The topological polar surface area (TPSA) is 80.6 Å². The van der Waals surface area contributed by atoms with E-state index in [1.54, 1.807) is 0 Å². The van der Waals surface area contributed by atoms with Crippen LogP contribution in [0.2, 0.25) is 13.3 Å². The van der Waals surface area contributed by atoms with Gasteiger partial charge in [-0.3, -0.25) is 0 Å². The van der Waals surface area contributed by atoms with Crippen molar-refractivity contribution in [2.45, 2.75) is 97.7 Å². The summed E-state index contributed by atoms with van der Waals surface area (Å²) >= 11 is -2.41. The molecule has 0 saturated heterocycles. The van der Waals surface area contributed by atoms with Crippen LogP contribution in [0.1, 0.15) is 72.1 Å². The molecule has 142 valence electrons. The van der Waals surface area contributed by atoms with Crippen LogP contribution in [0.3, 0.4) is 0 Å². The van der Waals surface area contributed by atoms with E-state index in [4.69, 9.17) is 0 Å². The summed E-state index contributed by atoms with van der Waals surface area (Å²) in [7, 11) is 0. The molecule has 5 heteroatoms. The molecule has 0 heterocycles. The zero-order valence-corrected chi connectivity index (χ0v) is 18.7. The van der Waals surface area contributed by atoms with Crippen molar-refractivity contribution in [2.75, 3.05) is 0 Å². The van der Waals surface area contributed by atoms with Gasteiger partial charge in [-0.1, -0.05) is 0 Å². The van der Waals surface area contributed by atoms with Gasteiger partial charge in [0.05, 0.1) is 0 Å². The molecule has 0 fully saturated rings. The summed E-state index contributed by atoms with van der Waals surface area (Å²) in [4.78, 5) is 10.5. The molecule has 24 heavy (non-hydrogen) atoms. The van der Waals surface area contributed by atoms with Crippen molar-refractivity contribution in [3.8, 4) is 0 Å². The average Bonchev–Trinajstić information content (AvgIpc) is 2.52. The minimum absolute atomic E-state index is 0.0712. The Hall–Kier alpha value is -0.0713. The van der Waals surface area contributed by atoms with Crippen LogP contribution >= 0.6 is 0 Å². The number of aliphatic hydroxyl groups is 2. The summed E-state index contributed by atoms with van der Waals surface area (Å²) in [5.74, 6) is -1.28. The van der Waals surface area contributed by atoms with Crippen molar-refractivity contribution in [1.29, 1.82) is 0 Å². The van der Waals surface area contributed by atoms with Crippen molar-refractivity contribution >= 4 is 24.3 Å². The Morgan fingerprint density at radius 3 is 1.83 bits per heavy atom. The molecule has 0 rings (SSSR count). The SMILES string of the molecule is CCC[CH2][Sn](/[CH]=C/C(O)CC(O)CC(=O)[O-])([CH2]CCC)[CH2]CCC. The molecule has 0 bridgehead atoms. The molecular weight excluding hydrogens is 411 g/mol. The third kappa shape index (κ3) is 11.5. The summed E-state index contributed by atoms with van der Waals surface area (Å²) in [6.07, 6.45) is 7.11. The van der Waals surface area contributed by atoms with E-state index in [1.165, 1.54) is 51.8 Å². The van der Waals surface area contributed by atoms with Crippen molar-refractivity contribution in [3.05, 3.63) is 10.2 Å². The normalized spacial score (nSPS) is 14.9. The van der Waals surface area contributed by atoms with Gasteiger partial charge in [-0.05, 0) is 0 Å². The van der Waals surface area contributed by atoms with Crippen LogP contribution < -0.4 is 5.11 Å². The standard InChI is InChI=1S/C7H11O4.3C4H9.Sn/c1-2-5(8)3-6(9)4-7(10)11;3*1-3-4-2;/h1-2,5-6,8-9H,3-4H2,(H,10,11);3*1,3-4H2,2H3;/p-1. The Labute approximate surface area is 152 Å². The second kappa shape index (κ2) is 14.1. The van der Waals surface area contributed by atoms with E-state index in [0.717, 1.165) is 0 Å². The zero-order valence-electron chi connectivity index (χ0n) is 15.8. The van der Waals surface area contributed by atoms with Crippen LogP contribution in [-0.4, -0.2) is 46.8 Å². The van der Waals surface area contributed by atoms with Gasteiger partial charge in [-0.2, -0.15) is 0 Å². The molecule has 0 aromatic carbocycles. The molecule has 2 N–H and O–H groups in total. The first kappa shape index (κ1) is 23.9. The Morgan fingerprint density at radius 1 is 1.00 bits per heavy atom. The van der Waals surface area contributed by atoms with Crippen LogP contribution in [0.5, 0.6) is 0 Å². The molecule has 2 atom stereocenters. The monoisotopic (exact) mass is 449 g/mol. The van der Waals surface area contributed by atoms with Gasteiger partial charge in [0.1, 0.15) is 0 Å².